The van der Waals surface area contributed by atoms with Crippen molar-refractivity contribution in [1.29, 1.82) is 5.26 Å². The van der Waals surface area contributed by atoms with Gasteiger partial charge in [-0.3, -0.25) is 4.79 Å². The van der Waals surface area contributed by atoms with E-state index >= 15 is 0 Å². The highest BCUT2D eigenvalue weighted by molar-refractivity contribution is 7.90. The zero-order chi connectivity index (χ0) is 23.9. The van der Waals surface area contributed by atoms with Crippen molar-refractivity contribution in [3.8, 4) is 6.07 Å². The van der Waals surface area contributed by atoms with E-state index in [1.807, 2.05) is 6.07 Å². The lowest BCUT2D eigenvalue weighted by molar-refractivity contribution is -0.123. The Morgan fingerprint density at radius 2 is 2.06 bits per heavy atom. The number of rotatable bonds is 6. The second-order valence-electron chi connectivity index (χ2n) is 7.48. The lowest BCUT2D eigenvalue weighted by Gasteiger charge is -2.39. The average molecular weight is 487 g/mol. The zero-order valence-corrected chi connectivity index (χ0v) is 19.2. The van der Waals surface area contributed by atoms with Crippen LogP contribution in [-0.2, 0) is 21.2 Å². The Morgan fingerprint density at radius 3 is 2.70 bits per heavy atom. The molecule has 11 nitrogen and oxygen atoms in total. The Hall–Kier alpha value is -3.63. The Labute approximate surface area is 193 Å². The number of amides is 1. The number of nitrogens with one attached hydrogen (secondary N) is 1. The lowest BCUT2D eigenvalue weighted by atomic mass is 9.95. The van der Waals surface area contributed by atoms with E-state index in [4.69, 9.17) is 0 Å². The number of fused-ring (bicyclic) bond motifs is 1. The SMILES string of the molecule is CCc1c(C#N)c(N2CC(C(=O)NS(=O)(=O)c3cccc4nsnc34)C2)nc(C)c1C(=O)O. The molecule has 0 atom stereocenters. The molecule has 3 aromatic rings. The van der Waals surface area contributed by atoms with Gasteiger partial charge in [-0.1, -0.05) is 13.0 Å². The number of hydrogen-bond donors (Lipinski definition) is 2. The fraction of sp³-hybridized carbons (Fsp3) is 0.300. The second kappa shape index (κ2) is 8.38. The molecule has 0 radical (unpaired) electrons. The van der Waals surface area contributed by atoms with Crippen molar-refractivity contribution >= 4 is 50.5 Å². The van der Waals surface area contributed by atoms with Gasteiger partial charge in [0.15, 0.2) is 0 Å². The minimum atomic E-state index is -4.15. The van der Waals surface area contributed by atoms with Crippen LogP contribution in [0.4, 0.5) is 5.82 Å². The van der Waals surface area contributed by atoms with Crippen LogP contribution in [0.1, 0.15) is 34.1 Å². The molecule has 0 aliphatic carbocycles. The fourth-order valence-corrected chi connectivity index (χ4v) is 5.63. The summed E-state index contributed by atoms with van der Waals surface area (Å²) in [6.45, 7) is 3.58. The highest BCUT2D eigenvalue weighted by atomic mass is 32.2. The maximum Gasteiger partial charge on any atom is 0.337 e. The number of aromatic carboxylic acids is 1. The summed E-state index contributed by atoms with van der Waals surface area (Å²) < 4.78 is 35.6. The first kappa shape index (κ1) is 22.6. The molecule has 1 aliphatic heterocycles. The van der Waals surface area contributed by atoms with Crippen molar-refractivity contribution in [2.45, 2.75) is 25.2 Å². The summed E-state index contributed by atoms with van der Waals surface area (Å²) >= 11 is 0.878. The molecule has 170 valence electrons. The molecule has 0 bridgehead atoms. The molecule has 0 saturated carbocycles. The standard InChI is InChI=1S/C20H18N6O5S2/c1-3-12-13(7-21)18(22-10(2)16(12)20(28)29)26-8-11(9-26)19(27)25-33(30,31)15-6-4-5-14-17(15)24-32-23-14/h4-6,11H,3,8-9H2,1-2H3,(H,25,27)(H,28,29). The Kier molecular flexibility index (Phi) is 5.73. The molecule has 1 fully saturated rings. The summed E-state index contributed by atoms with van der Waals surface area (Å²) in [5, 5.41) is 19.1. The molecule has 1 aromatic carbocycles. The number of anilines is 1. The van der Waals surface area contributed by atoms with Crippen LogP contribution in [0.3, 0.4) is 0 Å². The number of benzene rings is 1. The minimum absolute atomic E-state index is 0.00409. The maximum absolute atomic E-state index is 12.8. The molecule has 1 saturated heterocycles. The molecule has 2 aromatic heterocycles. The lowest BCUT2D eigenvalue weighted by Crippen LogP contribution is -2.55. The second-order valence-corrected chi connectivity index (χ2v) is 9.66. The molecule has 4 rings (SSSR count). The molecule has 0 spiro atoms. The van der Waals surface area contributed by atoms with Crippen molar-refractivity contribution in [2.75, 3.05) is 18.0 Å². The zero-order valence-electron chi connectivity index (χ0n) is 17.6. The van der Waals surface area contributed by atoms with Gasteiger partial charge in [-0.15, -0.1) is 0 Å². The monoisotopic (exact) mass is 486 g/mol. The van der Waals surface area contributed by atoms with E-state index in [-0.39, 0.29) is 40.3 Å². The Morgan fingerprint density at radius 1 is 1.33 bits per heavy atom. The fourth-order valence-electron chi connectivity index (χ4n) is 3.82. The number of aryl methyl sites for hydroxylation is 1. The van der Waals surface area contributed by atoms with Crippen LogP contribution in [0.15, 0.2) is 23.1 Å². The summed E-state index contributed by atoms with van der Waals surface area (Å²) in [4.78, 5) is 30.1. The maximum atomic E-state index is 12.8. The van der Waals surface area contributed by atoms with Crippen LogP contribution in [0.25, 0.3) is 11.0 Å². The van der Waals surface area contributed by atoms with Crippen molar-refractivity contribution in [2.24, 2.45) is 5.92 Å². The summed E-state index contributed by atoms with van der Waals surface area (Å²) in [5.41, 5.74) is 1.43. The van der Waals surface area contributed by atoms with Crippen molar-refractivity contribution in [3.05, 3.63) is 40.6 Å². The molecule has 2 N–H and O–H groups in total. The summed E-state index contributed by atoms with van der Waals surface area (Å²) in [6.07, 6.45) is 0.327. The number of sulfonamides is 1. The molecular formula is C20H18N6O5S2. The highest BCUT2D eigenvalue weighted by Crippen LogP contribution is 2.32. The van der Waals surface area contributed by atoms with Crippen molar-refractivity contribution in [1.82, 2.24) is 18.5 Å². The van der Waals surface area contributed by atoms with E-state index in [1.165, 1.54) is 12.1 Å². The molecule has 3 heterocycles. The van der Waals surface area contributed by atoms with Crippen LogP contribution in [0.2, 0.25) is 0 Å². The van der Waals surface area contributed by atoms with E-state index in [0.717, 1.165) is 11.7 Å². The first-order valence-corrected chi connectivity index (χ1v) is 12.1. The van der Waals surface area contributed by atoms with Crippen molar-refractivity contribution < 1.29 is 23.1 Å². The van der Waals surface area contributed by atoms with Crippen LogP contribution in [-0.4, -0.2) is 52.2 Å². The molecule has 1 amide bonds. The summed E-state index contributed by atoms with van der Waals surface area (Å²) in [7, 11) is -4.15. The van der Waals surface area contributed by atoms with Crippen LogP contribution >= 0.6 is 11.7 Å². The largest absolute Gasteiger partial charge is 0.478 e. The summed E-state index contributed by atoms with van der Waals surface area (Å²) in [6, 6.07) is 6.54. The smallest absolute Gasteiger partial charge is 0.337 e. The number of pyridine rings is 1. The van der Waals surface area contributed by atoms with E-state index in [2.05, 4.69) is 18.5 Å². The number of carboxylic acids is 1. The van der Waals surface area contributed by atoms with Crippen LogP contribution < -0.4 is 9.62 Å². The number of carboxylic acid groups (broad SMARTS) is 1. The minimum Gasteiger partial charge on any atom is -0.478 e. The quantitative estimate of drug-likeness (QED) is 0.521. The van der Waals surface area contributed by atoms with Gasteiger partial charge in [-0.2, -0.15) is 14.0 Å². The molecule has 1 aliphatic rings. The van der Waals surface area contributed by atoms with Gasteiger partial charge in [0.25, 0.3) is 10.0 Å². The molecular weight excluding hydrogens is 468 g/mol. The molecule has 13 heteroatoms. The van der Waals surface area contributed by atoms with Gasteiger partial charge >= 0.3 is 5.97 Å². The third-order valence-electron chi connectivity index (χ3n) is 5.47. The van der Waals surface area contributed by atoms with Gasteiger partial charge < -0.3 is 10.0 Å². The normalized spacial score (nSPS) is 14.0. The van der Waals surface area contributed by atoms with Crippen molar-refractivity contribution in [3.63, 3.8) is 0 Å². The average Bonchev–Trinajstić information content (AvgIpc) is 3.20. The number of carbonyl (C=O) groups is 2. The van der Waals surface area contributed by atoms with Gasteiger partial charge in [0, 0.05) is 13.1 Å². The first-order chi connectivity index (χ1) is 15.7. The van der Waals surface area contributed by atoms with Gasteiger partial charge in [0.1, 0.15) is 27.8 Å². The number of carbonyl (C=O) groups excluding carboxylic acids is 1. The van der Waals surface area contributed by atoms with E-state index in [0.29, 0.717) is 23.3 Å². The number of nitrogens with zero attached hydrogens (tertiary/aromatic N) is 5. The summed E-state index contributed by atoms with van der Waals surface area (Å²) in [5.74, 6) is -2.19. The first-order valence-electron chi connectivity index (χ1n) is 9.87. The van der Waals surface area contributed by atoms with E-state index in [9.17, 15) is 28.4 Å². The number of nitriles is 1. The number of aromatic nitrogens is 3. The highest BCUT2D eigenvalue weighted by Gasteiger charge is 2.38. The third-order valence-corrected chi connectivity index (χ3v) is 7.39. The van der Waals surface area contributed by atoms with Crippen LogP contribution in [0, 0.1) is 24.2 Å². The van der Waals surface area contributed by atoms with Gasteiger partial charge in [0.05, 0.1) is 34.5 Å². The van der Waals surface area contributed by atoms with Gasteiger partial charge in [-0.05, 0) is 31.0 Å². The van der Waals surface area contributed by atoms with Gasteiger partial charge in [-0.25, -0.2) is 22.9 Å². The number of hydrogen-bond acceptors (Lipinski definition) is 10. The predicted octanol–water partition coefficient (Wildman–Crippen LogP) is 1.47. The molecule has 0 unspecified atom stereocenters. The predicted molar refractivity (Wildman–Crippen MR) is 118 cm³/mol. The van der Waals surface area contributed by atoms with Crippen LogP contribution in [0.5, 0.6) is 0 Å². The Bertz CT molecular complexity index is 1440. The topological polar surface area (TPSA) is 166 Å². The van der Waals surface area contributed by atoms with E-state index in [1.54, 1.807) is 24.8 Å². The van der Waals surface area contributed by atoms with Gasteiger partial charge in [0.2, 0.25) is 5.91 Å². The Balaban J connectivity index is 1.53. The van der Waals surface area contributed by atoms with E-state index < -0.39 is 27.8 Å². The third kappa shape index (κ3) is 3.87. The molecule has 33 heavy (non-hydrogen) atoms.